The minimum absolute atomic E-state index is 0.0533. The van der Waals surface area contributed by atoms with Crippen molar-refractivity contribution in [3.8, 4) is 0 Å². The molecule has 0 radical (unpaired) electrons. The van der Waals surface area contributed by atoms with Crippen LogP contribution in [0, 0.1) is 12.8 Å². The van der Waals surface area contributed by atoms with E-state index < -0.39 is 5.91 Å². The van der Waals surface area contributed by atoms with E-state index in [1.807, 2.05) is 25.1 Å². The van der Waals surface area contributed by atoms with Crippen molar-refractivity contribution in [2.24, 2.45) is 5.92 Å². The molecule has 0 aliphatic heterocycles. The van der Waals surface area contributed by atoms with Crippen molar-refractivity contribution >= 4 is 23.4 Å². The van der Waals surface area contributed by atoms with E-state index >= 15 is 0 Å². The fraction of sp³-hybridized carbons (Fsp3) is 0.385. The molecule has 2 unspecified atom stereocenters. The minimum atomic E-state index is -0.405. The maximum atomic E-state index is 11.7. The molecule has 5 heteroatoms. The molecule has 18 heavy (non-hydrogen) atoms. The molecule has 1 aromatic rings. The Morgan fingerprint density at radius 2 is 2.17 bits per heavy atom. The number of alkyl halides is 1. The quantitative estimate of drug-likeness (QED) is 0.643. The smallest absolute Gasteiger partial charge is 0.253 e. The van der Waals surface area contributed by atoms with Crippen LogP contribution in [-0.2, 0) is 9.59 Å². The number of benzene rings is 1. The molecule has 1 saturated carbocycles. The average Bonchev–Trinajstić information content (AvgIpc) is 3.15. The molecule has 2 rings (SSSR count). The number of aryl methyl sites for hydroxylation is 1. The second-order valence-corrected chi connectivity index (χ2v) is 4.80. The number of hydrazine groups is 1. The van der Waals surface area contributed by atoms with E-state index in [0.29, 0.717) is 0 Å². The molecule has 0 heterocycles. The van der Waals surface area contributed by atoms with Gasteiger partial charge in [0, 0.05) is 5.92 Å². The summed E-state index contributed by atoms with van der Waals surface area (Å²) in [5.41, 5.74) is 7.02. The molecule has 1 aliphatic rings. The Morgan fingerprint density at radius 1 is 1.39 bits per heavy atom. The van der Waals surface area contributed by atoms with Crippen LogP contribution in [0.3, 0.4) is 0 Å². The van der Waals surface area contributed by atoms with Crippen molar-refractivity contribution in [2.75, 3.05) is 5.88 Å². The van der Waals surface area contributed by atoms with Gasteiger partial charge in [0.05, 0.1) is 0 Å². The molecule has 0 aromatic heterocycles. The molecule has 1 fully saturated rings. The number of nitrogens with one attached hydrogen (secondary N) is 2. The number of halogens is 1. The summed E-state index contributed by atoms with van der Waals surface area (Å²) in [4.78, 5) is 22.6. The number of carbonyl (C=O) groups is 2. The first-order chi connectivity index (χ1) is 8.61. The predicted molar refractivity (Wildman–Crippen MR) is 69.0 cm³/mol. The first kappa shape index (κ1) is 12.9. The van der Waals surface area contributed by atoms with Gasteiger partial charge in [-0.25, -0.2) is 0 Å². The van der Waals surface area contributed by atoms with Crippen LogP contribution in [0.2, 0.25) is 0 Å². The van der Waals surface area contributed by atoms with E-state index in [-0.39, 0.29) is 23.6 Å². The van der Waals surface area contributed by atoms with Crippen LogP contribution in [0.1, 0.15) is 23.5 Å². The van der Waals surface area contributed by atoms with Gasteiger partial charge in [0.25, 0.3) is 5.91 Å². The van der Waals surface area contributed by atoms with Gasteiger partial charge in [-0.1, -0.05) is 29.8 Å². The molecule has 96 valence electrons. The van der Waals surface area contributed by atoms with Crippen molar-refractivity contribution < 1.29 is 9.59 Å². The van der Waals surface area contributed by atoms with E-state index in [0.717, 1.165) is 6.42 Å². The molecule has 4 nitrogen and oxygen atoms in total. The van der Waals surface area contributed by atoms with Gasteiger partial charge in [-0.2, -0.15) is 0 Å². The summed E-state index contributed by atoms with van der Waals surface area (Å²) in [5.74, 6) is -0.510. The topological polar surface area (TPSA) is 58.2 Å². The molecule has 2 N–H and O–H groups in total. The summed E-state index contributed by atoms with van der Waals surface area (Å²) in [6.45, 7) is 2.03. The summed E-state index contributed by atoms with van der Waals surface area (Å²) in [6, 6.07) is 8.15. The predicted octanol–water partition coefficient (Wildman–Crippen LogP) is 1.48. The molecule has 1 aromatic carbocycles. The van der Waals surface area contributed by atoms with Crippen LogP contribution in [-0.4, -0.2) is 17.7 Å². The lowest BCUT2D eigenvalue weighted by Gasteiger charge is -2.05. The van der Waals surface area contributed by atoms with Crippen molar-refractivity contribution in [1.82, 2.24) is 10.9 Å². The van der Waals surface area contributed by atoms with Gasteiger partial charge in [-0.15, -0.1) is 11.6 Å². The standard InChI is InChI=1S/C13H15ClN2O2/c1-8-3-2-4-9(5-8)10-6-11(10)13(18)16-15-12(17)7-14/h2-5,10-11H,6-7H2,1H3,(H,15,17)(H,16,18). The molecule has 2 amide bonds. The molecule has 0 spiro atoms. The zero-order valence-electron chi connectivity index (χ0n) is 10.1. The summed E-state index contributed by atoms with van der Waals surface area (Å²) >= 11 is 5.31. The molecule has 0 saturated heterocycles. The fourth-order valence-electron chi connectivity index (χ4n) is 2.01. The lowest BCUT2D eigenvalue weighted by molar-refractivity contribution is -0.128. The lowest BCUT2D eigenvalue weighted by atomic mass is 10.1. The Morgan fingerprint density at radius 3 is 2.83 bits per heavy atom. The maximum absolute atomic E-state index is 11.7. The van der Waals surface area contributed by atoms with Crippen LogP contribution in [0.5, 0.6) is 0 Å². The van der Waals surface area contributed by atoms with E-state index in [9.17, 15) is 9.59 Å². The summed E-state index contributed by atoms with van der Waals surface area (Å²) in [7, 11) is 0. The summed E-state index contributed by atoms with van der Waals surface area (Å²) in [5, 5.41) is 0. The molecule has 0 bridgehead atoms. The zero-order valence-corrected chi connectivity index (χ0v) is 10.8. The highest BCUT2D eigenvalue weighted by Crippen LogP contribution is 2.47. The Balaban J connectivity index is 1.87. The van der Waals surface area contributed by atoms with Gasteiger partial charge in [0.15, 0.2) is 0 Å². The molecular formula is C13H15ClN2O2. The molecular weight excluding hydrogens is 252 g/mol. The Hall–Kier alpha value is -1.55. The SMILES string of the molecule is Cc1cccc(C2CC2C(=O)NNC(=O)CCl)c1. The number of hydrogen-bond donors (Lipinski definition) is 2. The van der Waals surface area contributed by atoms with Crippen LogP contribution < -0.4 is 10.9 Å². The number of carbonyl (C=O) groups excluding carboxylic acids is 2. The number of amides is 2. The van der Waals surface area contributed by atoms with Crippen LogP contribution in [0.25, 0.3) is 0 Å². The van der Waals surface area contributed by atoms with Crippen LogP contribution in [0.4, 0.5) is 0 Å². The second-order valence-electron chi connectivity index (χ2n) is 4.53. The average molecular weight is 267 g/mol. The van der Waals surface area contributed by atoms with Gasteiger partial charge in [0.2, 0.25) is 5.91 Å². The van der Waals surface area contributed by atoms with Gasteiger partial charge in [-0.05, 0) is 24.8 Å². The van der Waals surface area contributed by atoms with Gasteiger partial charge in [0.1, 0.15) is 5.88 Å². The summed E-state index contributed by atoms with van der Waals surface area (Å²) in [6.07, 6.45) is 0.825. The van der Waals surface area contributed by atoms with E-state index in [1.165, 1.54) is 11.1 Å². The highest BCUT2D eigenvalue weighted by Gasteiger charge is 2.44. The fourth-order valence-corrected chi connectivity index (χ4v) is 2.08. The third-order valence-corrected chi connectivity index (χ3v) is 3.29. The van der Waals surface area contributed by atoms with E-state index in [1.54, 1.807) is 0 Å². The van der Waals surface area contributed by atoms with Crippen LogP contribution >= 0.6 is 11.6 Å². The minimum Gasteiger partial charge on any atom is -0.273 e. The lowest BCUT2D eigenvalue weighted by Crippen LogP contribution is -2.43. The number of hydrogen-bond acceptors (Lipinski definition) is 2. The Kier molecular flexibility index (Phi) is 3.87. The van der Waals surface area contributed by atoms with Crippen LogP contribution in [0.15, 0.2) is 24.3 Å². The monoisotopic (exact) mass is 266 g/mol. The van der Waals surface area contributed by atoms with Gasteiger partial charge < -0.3 is 0 Å². The highest BCUT2D eigenvalue weighted by molar-refractivity contribution is 6.27. The zero-order chi connectivity index (χ0) is 13.1. The Bertz CT molecular complexity index is 476. The summed E-state index contributed by atoms with van der Waals surface area (Å²) < 4.78 is 0. The largest absolute Gasteiger partial charge is 0.273 e. The Labute approximate surface area is 111 Å². The van der Waals surface area contributed by atoms with Crippen molar-refractivity contribution in [3.63, 3.8) is 0 Å². The third-order valence-electron chi connectivity index (χ3n) is 3.04. The van der Waals surface area contributed by atoms with E-state index in [2.05, 4.69) is 16.9 Å². The normalized spacial score (nSPS) is 21.2. The third kappa shape index (κ3) is 3.01. The van der Waals surface area contributed by atoms with Crippen molar-refractivity contribution in [1.29, 1.82) is 0 Å². The first-order valence-corrected chi connectivity index (χ1v) is 6.36. The van der Waals surface area contributed by atoms with Gasteiger partial charge >= 0.3 is 0 Å². The van der Waals surface area contributed by atoms with Gasteiger partial charge in [-0.3, -0.25) is 20.4 Å². The number of rotatable bonds is 3. The molecule has 2 atom stereocenters. The van der Waals surface area contributed by atoms with Crippen molar-refractivity contribution in [3.05, 3.63) is 35.4 Å². The molecule has 1 aliphatic carbocycles. The maximum Gasteiger partial charge on any atom is 0.253 e. The second kappa shape index (κ2) is 5.40. The first-order valence-electron chi connectivity index (χ1n) is 5.83. The highest BCUT2D eigenvalue weighted by atomic mass is 35.5. The van der Waals surface area contributed by atoms with Crippen molar-refractivity contribution in [2.45, 2.75) is 19.3 Å². The van der Waals surface area contributed by atoms with E-state index in [4.69, 9.17) is 11.6 Å².